The minimum absolute atomic E-state index is 0.0898. The molecule has 2 rings (SSSR count). The van der Waals surface area contributed by atoms with E-state index in [2.05, 4.69) is 4.98 Å². The van der Waals surface area contributed by atoms with Crippen LogP contribution in [0.3, 0.4) is 0 Å². The van der Waals surface area contributed by atoms with Gasteiger partial charge in [0.05, 0.1) is 17.5 Å². The summed E-state index contributed by atoms with van der Waals surface area (Å²) in [6, 6.07) is 2.37. The number of amides is 2. The first kappa shape index (κ1) is 12.2. The average Bonchev–Trinajstić information content (AvgIpc) is 2.61. The van der Waals surface area contributed by atoms with Crippen LogP contribution in [0.5, 0.6) is 0 Å². The third kappa shape index (κ3) is 1.66. The van der Waals surface area contributed by atoms with Gasteiger partial charge < -0.3 is 5.11 Å². The lowest BCUT2D eigenvalue weighted by Gasteiger charge is -2.25. The van der Waals surface area contributed by atoms with Crippen LogP contribution in [0.25, 0.3) is 0 Å². The molecule has 94 valence electrons. The number of hydrogen-bond acceptors (Lipinski definition) is 4. The van der Waals surface area contributed by atoms with Crippen molar-refractivity contribution >= 4 is 17.8 Å². The van der Waals surface area contributed by atoms with Gasteiger partial charge in [-0.05, 0) is 26.0 Å². The fourth-order valence-corrected chi connectivity index (χ4v) is 1.88. The molecule has 6 heteroatoms. The van der Waals surface area contributed by atoms with Crippen molar-refractivity contribution in [3.05, 3.63) is 29.6 Å². The van der Waals surface area contributed by atoms with Gasteiger partial charge in [-0.25, -0.2) is 0 Å². The lowest BCUT2D eigenvalue weighted by atomic mass is 10.0. The molecule has 1 aromatic rings. The second-order valence-electron chi connectivity index (χ2n) is 4.25. The standard InChI is InChI=1S/C12H12N2O4/c1-6(12(17)18)7(2)14-10(15)8-4-3-5-13-9(8)11(14)16/h3-7H,1-2H3,(H,17,18). The molecule has 0 bridgehead atoms. The smallest absolute Gasteiger partial charge is 0.308 e. The molecule has 0 spiro atoms. The van der Waals surface area contributed by atoms with Crippen molar-refractivity contribution < 1.29 is 19.5 Å². The molecule has 18 heavy (non-hydrogen) atoms. The van der Waals surface area contributed by atoms with Gasteiger partial charge >= 0.3 is 5.97 Å². The molecule has 1 aromatic heterocycles. The number of aliphatic carboxylic acids is 1. The van der Waals surface area contributed by atoms with E-state index in [1.54, 1.807) is 13.0 Å². The maximum absolute atomic E-state index is 12.0. The van der Waals surface area contributed by atoms with Crippen molar-refractivity contribution in [2.45, 2.75) is 19.9 Å². The topological polar surface area (TPSA) is 87.6 Å². The Morgan fingerprint density at radius 1 is 1.33 bits per heavy atom. The van der Waals surface area contributed by atoms with Crippen LogP contribution in [0.2, 0.25) is 0 Å². The second-order valence-corrected chi connectivity index (χ2v) is 4.25. The maximum Gasteiger partial charge on any atom is 0.308 e. The molecule has 1 aliphatic heterocycles. The van der Waals surface area contributed by atoms with Crippen molar-refractivity contribution in [1.29, 1.82) is 0 Å². The normalized spacial score (nSPS) is 17.6. The SMILES string of the molecule is CC(C(=O)O)C(C)N1C(=O)c2cccnc2C1=O. The summed E-state index contributed by atoms with van der Waals surface area (Å²) in [7, 11) is 0. The van der Waals surface area contributed by atoms with Gasteiger partial charge in [0.1, 0.15) is 5.69 Å². The van der Waals surface area contributed by atoms with E-state index in [0.717, 1.165) is 4.90 Å². The van der Waals surface area contributed by atoms with E-state index < -0.39 is 29.7 Å². The van der Waals surface area contributed by atoms with Crippen molar-refractivity contribution in [3.63, 3.8) is 0 Å². The van der Waals surface area contributed by atoms with Crippen LogP contribution in [-0.4, -0.2) is 38.8 Å². The number of carbonyl (C=O) groups is 3. The summed E-state index contributed by atoms with van der Waals surface area (Å²) in [5, 5.41) is 8.94. The van der Waals surface area contributed by atoms with E-state index in [0.29, 0.717) is 0 Å². The fraction of sp³-hybridized carbons (Fsp3) is 0.333. The molecular formula is C12H12N2O4. The third-order valence-electron chi connectivity index (χ3n) is 3.20. The molecule has 0 saturated heterocycles. The first-order chi connectivity index (χ1) is 8.45. The van der Waals surface area contributed by atoms with Crippen LogP contribution in [0, 0.1) is 5.92 Å². The summed E-state index contributed by atoms with van der Waals surface area (Å²) >= 11 is 0. The van der Waals surface area contributed by atoms with Crippen LogP contribution in [-0.2, 0) is 4.79 Å². The van der Waals surface area contributed by atoms with E-state index >= 15 is 0 Å². The highest BCUT2D eigenvalue weighted by atomic mass is 16.4. The minimum Gasteiger partial charge on any atom is -0.481 e. The van der Waals surface area contributed by atoms with E-state index in [-0.39, 0.29) is 11.3 Å². The highest BCUT2D eigenvalue weighted by Gasteiger charge is 2.42. The van der Waals surface area contributed by atoms with Crippen LogP contribution in [0.1, 0.15) is 34.7 Å². The number of aromatic nitrogens is 1. The van der Waals surface area contributed by atoms with Crippen molar-refractivity contribution in [2.75, 3.05) is 0 Å². The highest BCUT2D eigenvalue weighted by molar-refractivity contribution is 6.20. The Hall–Kier alpha value is -2.24. The Morgan fingerprint density at radius 2 is 2.00 bits per heavy atom. The lowest BCUT2D eigenvalue weighted by molar-refractivity contribution is -0.142. The predicted molar refractivity (Wildman–Crippen MR) is 61.0 cm³/mol. The monoisotopic (exact) mass is 248 g/mol. The van der Waals surface area contributed by atoms with Crippen molar-refractivity contribution in [2.24, 2.45) is 5.92 Å². The van der Waals surface area contributed by atoms with E-state index in [4.69, 9.17) is 5.11 Å². The molecular weight excluding hydrogens is 236 g/mol. The van der Waals surface area contributed by atoms with Gasteiger partial charge in [0.25, 0.3) is 11.8 Å². The van der Waals surface area contributed by atoms with Gasteiger partial charge in [0.2, 0.25) is 0 Å². The summed E-state index contributed by atoms with van der Waals surface area (Å²) in [5.41, 5.74) is 0.318. The second kappa shape index (κ2) is 4.21. The predicted octanol–water partition coefficient (Wildman–Crippen LogP) is 0.787. The zero-order valence-corrected chi connectivity index (χ0v) is 9.95. The van der Waals surface area contributed by atoms with Gasteiger partial charge in [-0.1, -0.05) is 0 Å². The van der Waals surface area contributed by atoms with Crippen molar-refractivity contribution in [3.8, 4) is 0 Å². The van der Waals surface area contributed by atoms with Crippen LogP contribution in [0.4, 0.5) is 0 Å². The number of hydrogen-bond donors (Lipinski definition) is 1. The van der Waals surface area contributed by atoms with Gasteiger partial charge in [-0.3, -0.25) is 24.3 Å². The van der Waals surface area contributed by atoms with Crippen molar-refractivity contribution in [1.82, 2.24) is 9.88 Å². The number of carboxylic acids is 1. The number of imide groups is 1. The molecule has 0 aliphatic carbocycles. The highest BCUT2D eigenvalue weighted by Crippen LogP contribution is 2.25. The molecule has 0 saturated carbocycles. The number of pyridine rings is 1. The number of fused-ring (bicyclic) bond motifs is 1. The molecule has 0 fully saturated rings. The molecule has 6 nitrogen and oxygen atoms in total. The zero-order valence-electron chi connectivity index (χ0n) is 9.95. The Bertz CT molecular complexity index is 506. The van der Waals surface area contributed by atoms with E-state index in [1.807, 2.05) is 0 Å². The molecule has 2 unspecified atom stereocenters. The van der Waals surface area contributed by atoms with E-state index in [1.165, 1.54) is 19.2 Å². The zero-order chi connectivity index (χ0) is 13.4. The molecule has 2 heterocycles. The van der Waals surface area contributed by atoms with Gasteiger partial charge in [0, 0.05) is 6.20 Å². The molecule has 2 amide bonds. The van der Waals surface area contributed by atoms with Gasteiger partial charge in [-0.2, -0.15) is 0 Å². The van der Waals surface area contributed by atoms with E-state index in [9.17, 15) is 14.4 Å². The first-order valence-electron chi connectivity index (χ1n) is 5.51. The van der Waals surface area contributed by atoms with Gasteiger partial charge in [0.15, 0.2) is 0 Å². The number of carboxylic acid groups (broad SMARTS) is 1. The summed E-state index contributed by atoms with van der Waals surface area (Å²) in [5.74, 6) is -2.89. The Labute approximate surface area is 103 Å². The summed E-state index contributed by atoms with van der Waals surface area (Å²) in [6.45, 7) is 3.00. The molecule has 0 radical (unpaired) electrons. The maximum atomic E-state index is 12.0. The van der Waals surface area contributed by atoms with Gasteiger partial charge in [-0.15, -0.1) is 0 Å². The minimum atomic E-state index is -1.05. The Morgan fingerprint density at radius 3 is 2.56 bits per heavy atom. The Kier molecular flexibility index (Phi) is 2.86. The number of rotatable bonds is 3. The van der Waals surface area contributed by atoms with Crippen LogP contribution < -0.4 is 0 Å². The molecule has 2 atom stereocenters. The summed E-state index contributed by atoms with van der Waals surface area (Å²) in [4.78, 5) is 39.8. The number of nitrogens with zero attached hydrogens (tertiary/aromatic N) is 2. The van der Waals surface area contributed by atoms with Crippen LogP contribution in [0.15, 0.2) is 18.3 Å². The fourth-order valence-electron chi connectivity index (χ4n) is 1.88. The average molecular weight is 248 g/mol. The largest absolute Gasteiger partial charge is 0.481 e. The van der Waals surface area contributed by atoms with Crippen LogP contribution >= 0.6 is 0 Å². The first-order valence-corrected chi connectivity index (χ1v) is 5.51. The lowest BCUT2D eigenvalue weighted by Crippen LogP contribution is -2.44. The molecule has 0 aromatic carbocycles. The number of carbonyl (C=O) groups excluding carboxylic acids is 2. The third-order valence-corrected chi connectivity index (χ3v) is 3.20. The molecule has 1 aliphatic rings. The quantitative estimate of drug-likeness (QED) is 0.799. The molecule has 1 N–H and O–H groups in total. The Balaban J connectivity index is 2.37. The summed E-state index contributed by atoms with van der Waals surface area (Å²) in [6.07, 6.45) is 1.43. The summed E-state index contributed by atoms with van der Waals surface area (Å²) < 4.78 is 0.